The van der Waals surface area contributed by atoms with Crippen molar-refractivity contribution < 1.29 is 9.59 Å². The van der Waals surface area contributed by atoms with Crippen LogP contribution in [0.1, 0.15) is 28.6 Å². The molecule has 1 fully saturated rings. The topological polar surface area (TPSA) is 59.1 Å². The first kappa shape index (κ1) is 13.9. The highest BCUT2D eigenvalue weighted by molar-refractivity contribution is 7.09. The third kappa shape index (κ3) is 3.03. The van der Waals surface area contributed by atoms with Crippen molar-refractivity contribution in [2.24, 2.45) is 5.92 Å². The van der Waals surface area contributed by atoms with Crippen LogP contribution >= 0.6 is 11.3 Å². The Labute approximate surface area is 127 Å². The van der Waals surface area contributed by atoms with E-state index >= 15 is 0 Å². The highest BCUT2D eigenvalue weighted by Gasteiger charge is 2.37. The molecule has 1 aromatic heterocycles. The molecule has 2 amide bonds. The van der Waals surface area contributed by atoms with Crippen LogP contribution in [0.4, 0.5) is 0 Å². The van der Waals surface area contributed by atoms with E-state index in [-0.39, 0.29) is 23.7 Å². The zero-order chi connectivity index (χ0) is 14.8. The first-order valence-electron chi connectivity index (χ1n) is 6.93. The molecule has 1 aromatic carbocycles. The molecule has 21 heavy (non-hydrogen) atoms. The number of amides is 2. The highest BCUT2D eigenvalue weighted by Crippen LogP contribution is 2.34. The second-order valence-electron chi connectivity index (χ2n) is 5.31. The summed E-state index contributed by atoms with van der Waals surface area (Å²) < 4.78 is 0. The molecule has 1 aliphatic rings. The van der Waals surface area contributed by atoms with Crippen LogP contribution in [0.3, 0.4) is 0 Å². The fourth-order valence-corrected chi connectivity index (χ4v) is 3.45. The number of imide groups is 1. The van der Waals surface area contributed by atoms with Gasteiger partial charge in [0.2, 0.25) is 11.8 Å². The van der Waals surface area contributed by atoms with E-state index < -0.39 is 0 Å². The normalized spacial score (nSPS) is 22.1. The monoisotopic (exact) mass is 300 g/mol. The summed E-state index contributed by atoms with van der Waals surface area (Å²) in [6.45, 7) is 1.94. The molecule has 3 rings (SSSR count). The molecule has 0 aliphatic carbocycles. The van der Waals surface area contributed by atoms with Crippen molar-refractivity contribution in [1.29, 1.82) is 0 Å². The summed E-state index contributed by atoms with van der Waals surface area (Å²) in [5, 5.41) is 5.38. The number of aryl methyl sites for hydroxylation is 1. The third-order valence-electron chi connectivity index (χ3n) is 3.81. The van der Waals surface area contributed by atoms with Gasteiger partial charge in [-0.05, 0) is 18.9 Å². The van der Waals surface area contributed by atoms with E-state index in [1.165, 1.54) is 0 Å². The van der Waals surface area contributed by atoms with Gasteiger partial charge >= 0.3 is 0 Å². The lowest BCUT2D eigenvalue weighted by Gasteiger charge is -2.29. The Morgan fingerprint density at radius 1 is 1.29 bits per heavy atom. The van der Waals surface area contributed by atoms with Gasteiger partial charge in [0, 0.05) is 17.7 Å². The molecule has 1 saturated heterocycles. The maximum atomic E-state index is 12.2. The van der Waals surface area contributed by atoms with Crippen molar-refractivity contribution in [3.8, 4) is 0 Å². The number of benzene rings is 1. The minimum atomic E-state index is -0.244. The van der Waals surface area contributed by atoms with Crippen molar-refractivity contribution in [2.45, 2.75) is 25.7 Å². The number of nitrogens with zero attached hydrogens (tertiary/aromatic N) is 1. The zero-order valence-electron chi connectivity index (χ0n) is 11.7. The second kappa shape index (κ2) is 5.77. The molecule has 1 N–H and O–H groups in total. The number of thiazole rings is 1. The minimum Gasteiger partial charge on any atom is -0.296 e. The van der Waals surface area contributed by atoms with Crippen LogP contribution in [0.25, 0.3) is 0 Å². The number of rotatable bonds is 3. The number of carbonyl (C=O) groups is 2. The molecule has 5 heteroatoms. The van der Waals surface area contributed by atoms with Crippen LogP contribution in [-0.4, -0.2) is 16.8 Å². The summed E-state index contributed by atoms with van der Waals surface area (Å²) in [6, 6.07) is 9.89. The molecule has 2 heterocycles. The first-order chi connectivity index (χ1) is 10.1. The molecular weight excluding hydrogens is 284 g/mol. The molecule has 0 spiro atoms. The van der Waals surface area contributed by atoms with Gasteiger partial charge in [-0.3, -0.25) is 14.9 Å². The summed E-state index contributed by atoms with van der Waals surface area (Å²) in [5.74, 6) is -0.770. The quantitative estimate of drug-likeness (QED) is 0.886. The van der Waals surface area contributed by atoms with Crippen LogP contribution < -0.4 is 5.32 Å². The number of carbonyl (C=O) groups excluding carboxylic acids is 2. The largest absolute Gasteiger partial charge is 0.296 e. The van der Waals surface area contributed by atoms with Gasteiger partial charge in [0.25, 0.3) is 0 Å². The zero-order valence-corrected chi connectivity index (χ0v) is 12.5. The number of nitrogens with one attached hydrogen (secondary N) is 1. The molecule has 2 unspecified atom stereocenters. The second-order valence-corrected chi connectivity index (χ2v) is 6.37. The summed E-state index contributed by atoms with van der Waals surface area (Å²) in [6.07, 6.45) is 0.952. The van der Waals surface area contributed by atoms with Gasteiger partial charge in [0.1, 0.15) is 0 Å². The summed E-state index contributed by atoms with van der Waals surface area (Å²) in [5.41, 5.74) is 1.96. The lowest BCUT2D eigenvalue weighted by Crippen LogP contribution is -2.45. The Balaban J connectivity index is 1.89. The van der Waals surface area contributed by atoms with Crippen molar-refractivity contribution in [2.75, 3.05) is 0 Å². The molecule has 4 nitrogen and oxygen atoms in total. The molecule has 0 radical (unpaired) electrons. The van der Waals surface area contributed by atoms with Crippen LogP contribution in [0.15, 0.2) is 35.7 Å². The van der Waals surface area contributed by atoms with Gasteiger partial charge in [-0.25, -0.2) is 4.98 Å². The predicted molar refractivity (Wildman–Crippen MR) is 81.0 cm³/mol. The third-order valence-corrected chi connectivity index (χ3v) is 4.60. The minimum absolute atomic E-state index is 0.128. The van der Waals surface area contributed by atoms with Crippen molar-refractivity contribution in [3.05, 3.63) is 52.0 Å². The van der Waals surface area contributed by atoms with Crippen LogP contribution in [-0.2, 0) is 16.0 Å². The van der Waals surface area contributed by atoms with Gasteiger partial charge in [-0.1, -0.05) is 30.3 Å². The Bertz CT molecular complexity index is 666. The highest BCUT2D eigenvalue weighted by atomic mass is 32.1. The average molecular weight is 300 g/mol. The standard InChI is InChI=1S/C16H16N2O2S/c1-10-17-14(9-21-10)12-8-15(19)18-16(20)13(12)7-11-5-3-2-4-6-11/h2-6,9,12-13H,7-8H2,1H3,(H,18,19,20). The molecule has 1 aliphatic heterocycles. The lowest BCUT2D eigenvalue weighted by molar-refractivity contribution is -0.137. The van der Waals surface area contributed by atoms with Gasteiger partial charge in [0.15, 0.2) is 0 Å². The molecular formula is C16H16N2O2S. The van der Waals surface area contributed by atoms with E-state index in [9.17, 15) is 9.59 Å². The summed E-state index contributed by atoms with van der Waals surface area (Å²) >= 11 is 1.55. The van der Waals surface area contributed by atoms with Gasteiger partial charge < -0.3 is 0 Å². The number of piperidine rings is 1. The number of hydrogen-bond acceptors (Lipinski definition) is 4. The van der Waals surface area contributed by atoms with E-state index in [0.29, 0.717) is 12.8 Å². The van der Waals surface area contributed by atoms with E-state index in [4.69, 9.17) is 0 Å². The fraction of sp³-hybridized carbons (Fsp3) is 0.312. The van der Waals surface area contributed by atoms with Crippen molar-refractivity contribution in [3.63, 3.8) is 0 Å². The Kier molecular flexibility index (Phi) is 3.84. The Hall–Kier alpha value is -2.01. The van der Waals surface area contributed by atoms with E-state index in [1.54, 1.807) is 11.3 Å². The van der Waals surface area contributed by atoms with Crippen LogP contribution in [0.2, 0.25) is 0 Å². The van der Waals surface area contributed by atoms with Gasteiger partial charge in [-0.15, -0.1) is 11.3 Å². The number of aromatic nitrogens is 1. The Morgan fingerprint density at radius 3 is 2.71 bits per heavy atom. The average Bonchev–Trinajstić information content (AvgIpc) is 2.89. The van der Waals surface area contributed by atoms with Gasteiger partial charge in [-0.2, -0.15) is 0 Å². The molecule has 2 atom stereocenters. The van der Waals surface area contributed by atoms with Crippen LogP contribution in [0, 0.1) is 12.8 Å². The van der Waals surface area contributed by atoms with E-state index in [1.807, 2.05) is 42.6 Å². The van der Waals surface area contributed by atoms with Crippen molar-refractivity contribution >= 4 is 23.2 Å². The Morgan fingerprint density at radius 2 is 2.05 bits per heavy atom. The molecule has 2 aromatic rings. The summed E-state index contributed by atoms with van der Waals surface area (Å²) in [4.78, 5) is 28.4. The van der Waals surface area contributed by atoms with Crippen LogP contribution in [0.5, 0.6) is 0 Å². The maximum absolute atomic E-state index is 12.2. The number of hydrogen-bond donors (Lipinski definition) is 1. The maximum Gasteiger partial charge on any atom is 0.230 e. The lowest BCUT2D eigenvalue weighted by atomic mass is 9.79. The first-order valence-corrected chi connectivity index (χ1v) is 7.81. The van der Waals surface area contributed by atoms with E-state index in [0.717, 1.165) is 16.3 Å². The smallest absolute Gasteiger partial charge is 0.230 e. The van der Waals surface area contributed by atoms with Gasteiger partial charge in [0.05, 0.1) is 16.6 Å². The summed E-state index contributed by atoms with van der Waals surface area (Å²) in [7, 11) is 0. The molecule has 0 saturated carbocycles. The fourth-order valence-electron chi connectivity index (χ4n) is 2.77. The SMILES string of the molecule is Cc1nc(C2CC(=O)NC(=O)C2Cc2ccccc2)cs1. The van der Waals surface area contributed by atoms with Crippen molar-refractivity contribution in [1.82, 2.24) is 10.3 Å². The molecule has 108 valence electrons. The van der Waals surface area contributed by atoms with E-state index in [2.05, 4.69) is 10.3 Å². The predicted octanol–water partition coefficient (Wildman–Crippen LogP) is 2.44. The molecule has 0 bridgehead atoms.